The maximum absolute atomic E-state index is 14.2. The third kappa shape index (κ3) is 8.10. The molecule has 0 fully saturated rings. The van der Waals surface area contributed by atoms with Crippen molar-refractivity contribution in [2.45, 2.75) is 44.7 Å². The lowest BCUT2D eigenvalue weighted by atomic mass is 10.1. The summed E-state index contributed by atoms with van der Waals surface area (Å²) in [6.45, 7) is 5.29. The summed E-state index contributed by atoms with van der Waals surface area (Å²) in [6, 6.07) is 16.2. The number of carbonyl (C=O) groups is 2. The summed E-state index contributed by atoms with van der Waals surface area (Å²) >= 11 is 19.2. The molecule has 0 saturated heterocycles. The number of carbonyl (C=O) groups excluding carboxylic acids is 2. The number of ether oxygens (including phenoxy) is 1. The van der Waals surface area contributed by atoms with Gasteiger partial charge in [0.2, 0.25) is 11.8 Å². The first-order valence-corrected chi connectivity index (χ1v) is 15.9. The average Bonchev–Trinajstić information content (AvgIpc) is 2.96. The van der Waals surface area contributed by atoms with Gasteiger partial charge in [0, 0.05) is 33.7 Å². The minimum Gasteiger partial charge on any atom is -0.495 e. The quantitative estimate of drug-likeness (QED) is 0.229. The first kappa shape index (κ1) is 33.5. The Kier molecular flexibility index (Phi) is 11.9. The van der Waals surface area contributed by atoms with Crippen LogP contribution in [0.5, 0.6) is 5.75 Å². The molecule has 8 nitrogen and oxygen atoms in total. The highest BCUT2D eigenvalue weighted by atomic mass is 35.5. The molecule has 0 aliphatic carbocycles. The molecular formula is C30H34Cl3N3O5S. The van der Waals surface area contributed by atoms with Gasteiger partial charge in [0.05, 0.1) is 17.7 Å². The van der Waals surface area contributed by atoms with Crippen molar-refractivity contribution >= 4 is 62.3 Å². The summed E-state index contributed by atoms with van der Waals surface area (Å²) < 4.78 is 34.4. The van der Waals surface area contributed by atoms with Crippen LogP contribution in [0.4, 0.5) is 5.69 Å². The molecule has 0 heterocycles. The van der Waals surface area contributed by atoms with Gasteiger partial charge in [-0.15, -0.1) is 0 Å². The molecule has 3 rings (SSSR count). The number of hydrogen-bond acceptors (Lipinski definition) is 5. The number of benzene rings is 3. The van der Waals surface area contributed by atoms with Gasteiger partial charge >= 0.3 is 0 Å². The van der Waals surface area contributed by atoms with Crippen LogP contribution in [0.15, 0.2) is 71.6 Å². The van der Waals surface area contributed by atoms with Crippen molar-refractivity contribution in [2.75, 3.05) is 24.5 Å². The third-order valence-electron chi connectivity index (χ3n) is 6.48. The monoisotopic (exact) mass is 653 g/mol. The number of methoxy groups -OCH3 is 1. The molecule has 12 heteroatoms. The molecule has 0 bridgehead atoms. The summed E-state index contributed by atoms with van der Waals surface area (Å²) in [7, 11) is -2.91. The van der Waals surface area contributed by atoms with Crippen LogP contribution in [0.3, 0.4) is 0 Å². The predicted octanol–water partition coefficient (Wildman–Crippen LogP) is 6.43. The smallest absolute Gasteiger partial charge is 0.264 e. The van der Waals surface area contributed by atoms with E-state index in [-0.39, 0.29) is 46.1 Å². The molecular weight excluding hydrogens is 621 g/mol. The van der Waals surface area contributed by atoms with Gasteiger partial charge in [-0.2, -0.15) is 0 Å². The Bertz CT molecular complexity index is 1480. The van der Waals surface area contributed by atoms with Gasteiger partial charge in [-0.05, 0) is 54.8 Å². The number of nitrogens with one attached hydrogen (secondary N) is 1. The first-order valence-electron chi connectivity index (χ1n) is 13.3. The molecule has 0 aliphatic heterocycles. The van der Waals surface area contributed by atoms with Gasteiger partial charge < -0.3 is 15.0 Å². The van der Waals surface area contributed by atoms with Crippen molar-refractivity contribution in [3.63, 3.8) is 0 Å². The normalized spacial score (nSPS) is 12.1. The molecule has 3 aromatic carbocycles. The molecule has 0 unspecified atom stereocenters. The number of sulfonamides is 1. The summed E-state index contributed by atoms with van der Waals surface area (Å²) in [5.41, 5.74) is 0.498. The van der Waals surface area contributed by atoms with Gasteiger partial charge in [0.25, 0.3) is 10.0 Å². The molecule has 0 saturated carbocycles. The minimum atomic E-state index is -4.30. The Morgan fingerprint density at radius 1 is 0.952 bits per heavy atom. The highest BCUT2D eigenvalue weighted by Gasteiger charge is 2.35. The molecule has 2 amide bonds. The Labute approximate surface area is 262 Å². The molecule has 0 aromatic heterocycles. The van der Waals surface area contributed by atoms with Crippen molar-refractivity contribution in [2.24, 2.45) is 5.92 Å². The van der Waals surface area contributed by atoms with Crippen LogP contribution in [-0.4, -0.2) is 51.4 Å². The van der Waals surface area contributed by atoms with Crippen molar-refractivity contribution in [3.05, 3.63) is 87.4 Å². The van der Waals surface area contributed by atoms with Crippen molar-refractivity contribution in [3.8, 4) is 5.75 Å². The highest BCUT2D eigenvalue weighted by molar-refractivity contribution is 7.92. The van der Waals surface area contributed by atoms with Crippen molar-refractivity contribution in [1.29, 1.82) is 0 Å². The number of rotatable bonds is 13. The second kappa shape index (κ2) is 15.0. The molecule has 226 valence electrons. The van der Waals surface area contributed by atoms with Gasteiger partial charge in [-0.3, -0.25) is 13.9 Å². The van der Waals surface area contributed by atoms with E-state index in [4.69, 9.17) is 39.5 Å². The van der Waals surface area contributed by atoms with Crippen molar-refractivity contribution < 1.29 is 22.7 Å². The van der Waals surface area contributed by atoms with E-state index < -0.39 is 28.5 Å². The minimum absolute atomic E-state index is 0.0396. The largest absolute Gasteiger partial charge is 0.495 e. The van der Waals surface area contributed by atoms with E-state index in [1.807, 2.05) is 13.8 Å². The summed E-state index contributed by atoms with van der Waals surface area (Å²) in [6.07, 6.45) is 0.254. The number of halogens is 3. The number of anilines is 1. The summed E-state index contributed by atoms with van der Waals surface area (Å²) in [5, 5.41) is 3.74. The lowest BCUT2D eigenvalue weighted by Gasteiger charge is -2.34. The molecule has 0 aliphatic rings. The van der Waals surface area contributed by atoms with E-state index in [2.05, 4.69) is 5.32 Å². The Morgan fingerprint density at radius 3 is 2.17 bits per heavy atom. The highest BCUT2D eigenvalue weighted by Crippen LogP contribution is 2.35. The third-order valence-corrected chi connectivity index (χ3v) is 9.20. The van der Waals surface area contributed by atoms with Crippen LogP contribution in [-0.2, 0) is 26.2 Å². The van der Waals surface area contributed by atoms with Gasteiger partial charge in [-0.1, -0.05) is 79.8 Å². The van der Waals surface area contributed by atoms with E-state index in [1.165, 1.54) is 36.3 Å². The fourth-order valence-electron chi connectivity index (χ4n) is 4.29. The van der Waals surface area contributed by atoms with E-state index in [0.717, 1.165) is 4.31 Å². The second-order valence-corrected chi connectivity index (χ2v) is 13.0. The summed E-state index contributed by atoms with van der Waals surface area (Å²) in [5.74, 6) is -0.663. The first-order chi connectivity index (χ1) is 19.9. The van der Waals surface area contributed by atoms with E-state index in [1.54, 1.807) is 49.4 Å². The standard InChI is InChI=1S/C30H34Cl3N3O5S/c1-5-26(30(38)34-17-20(2)3)35(18-23-24(32)12-9-13-25(23)33)29(37)19-36(27-16-21(31)14-15-28(27)41-4)42(39,40)22-10-7-6-8-11-22/h6-16,20,26H,5,17-19H2,1-4H3,(H,34,38)/t26-/m0/s1. The van der Waals surface area contributed by atoms with Crippen LogP contribution < -0.4 is 14.4 Å². The Morgan fingerprint density at radius 2 is 1.60 bits per heavy atom. The lowest BCUT2D eigenvalue weighted by Crippen LogP contribution is -2.52. The number of hydrogen-bond donors (Lipinski definition) is 1. The Hall–Kier alpha value is -2.98. The average molecular weight is 655 g/mol. The lowest BCUT2D eigenvalue weighted by molar-refractivity contribution is -0.140. The molecule has 0 spiro atoms. The van der Waals surface area contributed by atoms with Crippen LogP contribution in [0.1, 0.15) is 32.8 Å². The van der Waals surface area contributed by atoms with E-state index in [0.29, 0.717) is 22.2 Å². The van der Waals surface area contributed by atoms with Crippen LogP contribution in [0.2, 0.25) is 15.1 Å². The SMILES string of the molecule is CC[C@@H](C(=O)NCC(C)C)N(Cc1c(Cl)cccc1Cl)C(=O)CN(c1cc(Cl)ccc1OC)S(=O)(=O)c1ccccc1. The van der Waals surface area contributed by atoms with E-state index in [9.17, 15) is 18.0 Å². The van der Waals surface area contributed by atoms with E-state index >= 15 is 0 Å². The Balaban J connectivity index is 2.14. The topological polar surface area (TPSA) is 96.0 Å². The fraction of sp³-hybridized carbons (Fsp3) is 0.333. The zero-order valence-corrected chi connectivity index (χ0v) is 26.9. The maximum atomic E-state index is 14.2. The van der Waals surface area contributed by atoms with Crippen LogP contribution in [0.25, 0.3) is 0 Å². The van der Waals surface area contributed by atoms with Crippen molar-refractivity contribution in [1.82, 2.24) is 10.2 Å². The predicted molar refractivity (Wildman–Crippen MR) is 168 cm³/mol. The fourth-order valence-corrected chi connectivity index (χ4v) is 6.41. The van der Waals surface area contributed by atoms with Crippen LogP contribution in [0, 0.1) is 5.92 Å². The maximum Gasteiger partial charge on any atom is 0.264 e. The number of amides is 2. The molecule has 3 aromatic rings. The molecule has 42 heavy (non-hydrogen) atoms. The molecule has 1 N–H and O–H groups in total. The molecule has 0 radical (unpaired) electrons. The van der Waals surface area contributed by atoms with Gasteiger partial charge in [0.15, 0.2) is 0 Å². The second-order valence-electron chi connectivity index (χ2n) is 9.93. The van der Waals surface area contributed by atoms with Gasteiger partial charge in [-0.25, -0.2) is 8.42 Å². The van der Waals surface area contributed by atoms with Crippen LogP contribution >= 0.6 is 34.8 Å². The summed E-state index contributed by atoms with van der Waals surface area (Å²) in [4.78, 5) is 28.9. The van der Waals surface area contributed by atoms with Gasteiger partial charge in [0.1, 0.15) is 18.3 Å². The zero-order valence-electron chi connectivity index (χ0n) is 23.8. The zero-order chi connectivity index (χ0) is 31.0. The number of nitrogens with zero attached hydrogens (tertiary/aromatic N) is 2. The molecule has 1 atom stereocenters.